The average molecular weight is 311 g/mol. The lowest BCUT2D eigenvalue weighted by atomic mass is 10.1. The van der Waals surface area contributed by atoms with Crippen molar-refractivity contribution in [3.8, 4) is 5.75 Å². The van der Waals surface area contributed by atoms with Crippen molar-refractivity contribution in [2.45, 2.75) is 13.3 Å². The summed E-state index contributed by atoms with van der Waals surface area (Å²) in [4.78, 5) is 27.1. The third-order valence-corrected chi connectivity index (χ3v) is 3.94. The maximum atomic E-state index is 12.3. The van der Waals surface area contributed by atoms with Crippen LogP contribution < -0.4 is 4.74 Å². The minimum atomic E-state index is 0.0550. The number of hydrogen-bond donors (Lipinski definition) is 0. The molecule has 1 fully saturated rings. The highest BCUT2D eigenvalue weighted by molar-refractivity contribution is 6.32. The molecule has 1 aliphatic rings. The van der Waals surface area contributed by atoms with Crippen molar-refractivity contribution in [3.63, 3.8) is 0 Å². The quantitative estimate of drug-likeness (QED) is 0.852. The van der Waals surface area contributed by atoms with E-state index < -0.39 is 0 Å². The molecule has 2 amide bonds. The molecule has 0 aromatic heterocycles. The minimum absolute atomic E-state index is 0.0550. The van der Waals surface area contributed by atoms with E-state index in [1.54, 1.807) is 36.0 Å². The highest BCUT2D eigenvalue weighted by Gasteiger charge is 2.22. The van der Waals surface area contributed by atoms with Gasteiger partial charge in [-0.1, -0.05) is 17.7 Å². The van der Waals surface area contributed by atoms with Gasteiger partial charge < -0.3 is 14.5 Å². The maximum absolute atomic E-state index is 12.3. The van der Waals surface area contributed by atoms with Crippen LogP contribution in [0.1, 0.15) is 12.5 Å². The number of ether oxygens (including phenoxy) is 1. The Kier molecular flexibility index (Phi) is 5.07. The number of halogens is 1. The molecule has 2 rings (SSSR count). The van der Waals surface area contributed by atoms with Crippen LogP contribution in [0.25, 0.3) is 0 Å². The van der Waals surface area contributed by atoms with E-state index in [0.717, 1.165) is 5.56 Å². The first-order valence-electron chi connectivity index (χ1n) is 6.87. The van der Waals surface area contributed by atoms with Gasteiger partial charge in [-0.3, -0.25) is 9.59 Å². The van der Waals surface area contributed by atoms with Crippen LogP contribution >= 0.6 is 11.6 Å². The summed E-state index contributed by atoms with van der Waals surface area (Å²) in [6.07, 6.45) is 0.309. The lowest BCUT2D eigenvalue weighted by Crippen LogP contribution is -2.50. The van der Waals surface area contributed by atoms with Gasteiger partial charge in [0.05, 0.1) is 18.6 Å². The van der Waals surface area contributed by atoms with E-state index in [2.05, 4.69) is 0 Å². The van der Waals surface area contributed by atoms with Crippen molar-refractivity contribution in [3.05, 3.63) is 28.8 Å². The zero-order valence-electron chi connectivity index (χ0n) is 12.3. The van der Waals surface area contributed by atoms with Crippen LogP contribution in [0.15, 0.2) is 18.2 Å². The summed E-state index contributed by atoms with van der Waals surface area (Å²) >= 11 is 6.06. The van der Waals surface area contributed by atoms with Gasteiger partial charge in [0, 0.05) is 33.1 Å². The molecule has 1 saturated heterocycles. The Hall–Kier alpha value is -1.75. The molecule has 1 aromatic carbocycles. The van der Waals surface area contributed by atoms with Crippen LogP contribution in [0.2, 0.25) is 5.02 Å². The Bertz CT molecular complexity index is 540. The summed E-state index contributed by atoms with van der Waals surface area (Å²) in [5.74, 6) is 0.714. The summed E-state index contributed by atoms with van der Waals surface area (Å²) in [5.41, 5.74) is 0.861. The second kappa shape index (κ2) is 6.80. The molecule has 0 N–H and O–H groups in total. The smallest absolute Gasteiger partial charge is 0.227 e. The molecule has 1 aliphatic heterocycles. The van der Waals surface area contributed by atoms with Gasteiger partial charge in [0.2, 0.25) is 11.8 Å². The molecular weight excluding hydrogens is 292 g/mol. The van der Waals surface area contributed by atoms with Crippen molar-refractivity contribution >= 4 is 23.4 Å². The Morgan fingerprint density at radius 1 is 1.19 bits per heavy atom. The highest BCUT2D eigenvalue weighted by Crippen LogP contribution is 2.25. The van der Waals surface area contributed by atoms with Crippen LogP contribution in [0, 0.1) is 0 Å². The zero-order valence-corrected chi connectivity index (χ0v) is 13.0. The number of carbonyl (C=O) groups excluding carboxylic acids is 2. The number of hydrogen-bond acceptors (Lipinski definition) is 3. The molecule has 0 atom stereocenters. The van der Waals surface area contributed by atoms with Crippen LogP contribution in [-0.2, 0) is 16.0 Å². The molecule has 1 aromatic rings. The molecule has 0 spiro atoms. The molecule has 1 heterocycles. The summed E-state index contributed by atoms with van der Waals surface area (Å²) in [7, 11) is 1.56. The lowest BCUT2D eigenvalue weighted by Gasteiger charge is -2.34. The third-order valence-electron chi connectivity index (χ3n) is 3.65. The number of methoxy groups -OCH3 is 1. The fourth-order valence-electron chi connectivity index (χ4n) is 2.38. The van der Waals surface area contributed by atoms with Crippen molar-refractivity contribution in [1.29, 1.82) is 0 Å². The maximum Gasteiger partial charge on any atom is 0.227 e. The second-order valence-electron chi connectivity index (χ2n) is 5.03. The van der Waals surface area contributed by atoms with E-state index in [9.17, 15) is 9.59 Å². The van der Waals surface area contributed by atoms with Gasteiger partial charge in [-0.2, -0.15) is 0 Å². The van der Waals surface area contributed by atoms with Crippen molar-refractivity contribution in [2.75, 3.05) is 33.3 Å². The number of rotatable bonds is 3. The molecule has 0 radical (unpaired) electrons. The van der Waals surface area contributed by atoms with Crippen LogP contribution in [0.4, 0.5) is 0 Å². The van der Waals surface area contributed by atoms with Gasteiger partial charge in [-0.05, 0) is 17.7 Å². The molecule has 0 aliphatic carbocycles. The van der Waals surface area contributed by atoms with Crippen LogP contribution in [0.3, 0.4) is 0 Å². The van der Waals surface area contributed by atoms with Crippen molar-refractivity contribution in [1.82, 2.24) is 9.80 Å². The number of piperazine rings is 1. The molecule has 114 valence electrons. The highest BCUT2D eigenvalue weighted by atomic mass is 35.5. The second-order valence-corrected chi connectivity index (χ2v) is 5.44. The van der Waals surface area contributed by atoms with E-state index in [1.165, 1.54) is 0 Å². The normalized spacial score (nSPS) is 15.0. The number of carbonyl (C=O) groups is 2. The van der Waals surface area contributed by atoms with Gasteiger partial charge in [0.1, 0.15) is 5.75 Å². The van der Waals surface area contributed by atoms with Gasteiger partial charge in [-0.25, -0.2) is 0 Å². The number of benzene rings is 1. The summed E-state index contributed by atoms with van der Waals surface area (Å²) in [6, 6.07) is 5.36. The monoisotopic (exact) mass is 310 g/mol. The molecule has 21 heavy (non-hydrogen) atoms. The van der Waals surface area contributed by atoms with Gasteiger partial charge in [0.15, 0.2) is 0 Å². The van der Waals surface area contributed by atoms with Crippen LogP contribution in [0.5, 0.6) is 5.75 Å². The predicted molar refractivity (Wildman–Crippen MR) is 80.5 cm³/mol. The van der Waals surface area contributed by atoms with E-state index >= 15 is 0 Å². The van der Waals surface area contributed by atoms with E-state index in [-0.39, 0.29) is 11.8 Å². The zero-order chi connectivity index (χ0) is 15.4. The Morgan fingerprint density at radius 3 is 2.33 bits per heavy atom. The number of amides is 2. The van der Waals surface area contributed by atoms with Crippen molar-refractivity contribution < 1.29 is 14.3 Å². The fraction of sp³-hybridized carbons (Fsp3) is 0.467. The van der Waals surface area contributed by atoms with Crippen LogP contribution in [-0.4, -0.2) is 54.9 Å². The number of nitrogens with zero attached hydrogens (tertiary/aromatic N) is 2. The first-order valence-corrected chi connectivity index (χ1v) is 7.24. The third kappa shape index (κ3) is 3.88. The minimum Gasteiger partial charge on any atom is -0.495 e. The molecule has 5 nitrogen and oxygen atoms in total. The predicted octanol–water partition coefficient (Wildman–Crippen LogP) is 1.58. The van der Waals surface area contributed by atoms with Gasteiger partial charge >= 0.3 is 0 Å². The van der Waals surface area contributed by atoms with Gasteiger partial charge in [-0.15, -0.1) is 0 Å². The Morgan fingerprint density at radius 2 is 1.81 bits per heavy atom. The van der Waals surface area contributed by atoms with E-state index in [0.29, 0.717) is 43.4 Å². The first kappa shape index (κ1) is 15.6. The summed E-state index contributed by atoms with van der Waals surface area (Å²) in [5, 5.41) is 0.504. The van der Waals surface area contributed by atoms with Crippen molar-refractivity contribution in [2.24, 2.45) is 0 Å². The lowest BCUT2D eigenvalue weighted by molar-refractivity contribution is -0.138. The van der Waals surface area contributed by atoms with E-state index in [4.69, 9.17) is 16.3 Å². The molecular formula is C15H19ClN2O3. The largest absolute Gasteiger partial charge is 0.495 e. The average Bonchev–Trinajstić information content (AvgIpc) is 2.47. The van der Waals surface area contributed by atoms with Gasteiger partial charge in [0.25, 0.3) is 0 Å². The molecule has 0 saturated carbocycles. The Balaban J connectivity index is 1.93. The molecule has 0 unspecified atom stereocenters. The summed E-state index contributed by atoms with van der Waals surface area (Å²) < 4.78 is 5.09. The fourth-order valence-corrected chi connectivity index (χ4v) is 2.66. The SMILES string of the molecule is COc1ccc(CC(=O)N2CCN(C(C)=O)CC2)cc1Cl. The standard InChI is InChI=1S/C15H19ClN2O3/c1-11(19)17-5-7-18(8-6-17)15(20)10-12-3-4-14(21-2)13(16)9-12/h3-4,9H,5-8,10H2,1-2H3. The molecule has 0 bridgehead atoms. The summed E-state index contributed by atoms with van der Waals surface area (Å²) in [6.45, 7) is 3.93. The van der Waals surface area contributed by atoms with E-state index in [1.807, 2.05) is 6.07 Å². The Labute approximate surface area is 129 Å². The molecule has 6 heteroatoms. The first-order chi connectivity index (χ1) is 10.0. The topological polar surface area (TPSA) is 49.9 Å².